The summed E-state index contributed by atoms with van der Waals surface area (Å²) in [5.74, 6) is 0.443. The van der Waals surface area contributed by atoms with Crippen molar-refractivity contribution < 1.29 is 22.6 Å². The maximum absolute atomic E-state index is 12.3. The van der Waals surface area contributed by atoms with Gasteiger partial charge in [-0.1, -0.05) is 13.8 Å². The van der Waals surface area contributed by atoms with Gasteiger partial charge in [0.15, 0.2) is 6.10 Å². The third-order valence-electron chi connectivity index (χ3n) is 2.13. The van der Waals surface area contributed by atoms with E-state index in [-0.39, 0.29) is 6.61 Å². The quantitative estimate of drug-likeness (QED) is 0.723. The zero-order chi connectivity index (χ0) is 13.5. The van der Waals surface area contributed by atoms with Gasteiger partial charge in [0.1, 0.15) is 0 Å². The van der Waals surface area contributed by atoms with E-state index in [2.05, 4.69) is 5.32 Å². The van der Waals surface area contributed by atoms with Gasteiger partial charge >= 0.3 is 6.18 Å². The molecule has 3 nitrogen and oxygen atoms in total. The van der Waals surface area contributed by atoms with Gasteiger partial charge < -0.3 is 14.8 Å². The van der Waals surface area contributed by atoms with Crippen LogP contribution >= 0.6 is 0 Å². The van der Waals surface area contributed by atoms with E-state index in [1.807, 2.05) is 13.8 Å². The summed E-state index contributed by atoms with van der Waals surface area (Å²) in [5.41, 5.74) is 0. The summed E-state index contributed by atoms with van der Waals surface area (Å²) in [6, 6.07) is 0. The molecule has 0 fully saturated rings. The predicted octanol–water partition coefficient (Wildman–Crippen LogP) is 2.21. The summed E-state index contributed by atoms with van der Waals surface area (Å²) in [4.78, 5) is 0. The highest BCUT2D eigenvalue weighted by Crippen LogP contribution is 2.23. The first-order valence-electron chi connectivity index (χ1n) is 5.69. The van der Waals surface area contributed by atoms with Gasteiger partial charge in [0.05, 0.1) is 12.7 Å². The Labute approximate surface area is 101 Å². The van der Waals surface area contributed by atoms with Crippen LogP contribution in [-0.2, 0) is 9.47 Å². The molecule has 0 heterocycles. The Balaban J connectivity index is 4.05. The SMILES string of the molecule is COCC(CNCC(C)C)OC(C)C(F)(F)F. The van der Waals surface area contributed by atoms with Gasteiger partial charge in [-0.3, -0.25) is 0 Å². The monoisotopic (exact) mass is 257 g/mol. The number of hydrogen-bond donors (Lipinski definition) is 1. The third-order valence-corrected chi connectivity index (χ3v) is 2.13. The van der Waals surface area contributed by atoms with Gasteiger partial charge in [0.25, 0.3) is 0 Å². The van der Waals surface area contributed by atoms with Crippen LogP contribution in [0.2, 0.25) is 0 Å². The summed E-state index contributed by atoms with van der Waals surface area (Å²) >= 11 is 0. The van der Waals surface area contributed by atoms with Crippen molar-refractivity contribution in [1.29, 1.82) is 0 Å². The van der Waals surface area contributed by atoms with Crippen LogP contribution in [0.25, 0.3) is 0 Å². The predicted molar refractivity (Wildman–Crippen MR) is 60.0 cm³/mol. The first-order valence-corrected chi connectivity index (χ1v) is 5.69. The van der Waals surface area contributed by atoms with Crippen LogP contribution in [0.1, 0.15) is 20.8 Å². The molecule has 0 amide bonds. The topological polar surface area (TPSA) is 30.5 Å². The minimum absolute atomic E-state index is 0.144. The van der Waals surface area contributed by atoms with Gasteiger partial charge in [-0.2, -0.15) is 13.2 Å². The lowest BCUT2D eigenvalue weighted by atomic mass is 10.2. The zero-order valence-electron chi connectivity index (χ0n) is 10.8. The van der Waals surface area contributed by atoms with Crippen LogP contribution in [0.15, 0.2) is 0 Å². The molecule has 6 heteroatoms. The Morgan fingerprint density at radius 1 is 1.12 bits per heavy atom. The first-order chi connectivity index (χ1) is 7.77. The van der Waals surface area contributed by atoms with Crippen molar-refractivity contribution in [2.24, 2.45) is 5.92 Å². The summed E-state index contributed by atoms with van der Waals surface area (Å²) < 4.78 is 46.7. The van der Waals surface area contributed by atoms with Crippen molar-refractivity contribution >= 4 is 0 Å². The summed E-state index contributed by atoms with van der Waals surface area (Å²) in [6.07, 6.45) is -6.69. The highest BCUT2D eigenvalue weighted by atomic mass is 19.4. The maximum Gasteiger partial charge on any atom is 0.414 e. The maximum atomic E-state index is 12.3. The van der Waals surface area contributed by atoms with Crippen molar-refractivity contribution in [2.75, 3.05) is 26.8 Å². The second-order valence-corrected chi connectivity index (χ2v) is 4.45. The van der Waals surface area contributed by atoms with E-state index in [9.17, 15) is 13.2 Å². The normalized spacial score (nSPS) is 16.2. The molecule has 2 atom stereocenters. The molecule has 0 saturated heterocycles. The molecule has 104 valence electrons. The Bertz CT molecular complexity index is 198. The highest BCUT2D eigenvalue weighted by molar-refractivity contribution is 4.68. The zero-order valence-corrected chi connectivity index (χ0v) is 10.8. The van der Waals surface area contributed by atoms with Crippen LogP contribution in [-0.4, -0.2) is 45.2 Å². The largest absolute Gasteiger partial charge is 0.414 e. The molecule has 0 aromatic heterocycles. The van der Waals surface area contributed by atoms with Crippen molar-refractivity contribution in [3.05, 3.63) is 0 Å². The molecule has 0 bridgehead atoms. The van der Waals surface area contributed by atoms with E-state index in [4.69, 9.17) is 9.47 Å². The molecule has 0 radical (unpaired) electrons. The minimum Gasteiger partial charge on any atom is -0.382 e. The standard InChI is InChI=1S/C11H22F3NO2/c1-8(2)5-15-6-10(7-16-4)17-9(3)11(12,13)14/h8-10,15H,5-7H2,1-4H3. The van der Waals surface area contributed by atoms with Gasteiger partial charge in [-0.05, 0) is 19.4 Å². The van der Waals surface area contributed by atoms with Gasteiger partial charge in [-0.15, -0.1) is 0 Å². The molecule has 1 N–H and O–H groups in total. The van der Waals surface area contributed by atoms with E-state index < -0.39 is 18.4 Å². The fourth-order valence-corrected chi connectivity index (χ4v) is 1.23. The van der Waals surface area contributed by atoms with Crippen LogP contribution in [0.5, 0.6) is 0 Å². The fraction of sp³-hybridized carbons (Fsp3) is 1.00. The second-order valence-electron chi connectivity index (χ2n) is 4.45. The average molecular weight is 257 g/mol. The fourth-order valence-electron chi connectivity index (χ4n) is 1.23. The number of halogens is 3. The summed E-state index contributed by atoms with van der Waals surface area (Å²) in [5, 5.41) is 3.05. The molecule has 0 aromatic rings. The molecule has 0 rings (SSSR count). The molecule has 0 aliphatic rings. The molecular formula is C11H22F3NO2. The van der Waals surface area contributed by atoms with Gasteiger partial charge in [-0.25, -0.2) is 0 Å². The molecule has 0 aliphatic carbocycles. The number of rotatable bonds is 8. The number of ether oxygens (including phenoxy) is 2. The van der Waals surface area contributed by atoms with Crippen LogP contribution in [0, 0.1) is 5.92 Å². The molecule has 0 aromatic carbocycles. The Hall–Kier alpha value is -0.330. The lowest BCUT2D eigenvalue weighted by Crippen LogP contribution is -2.40. The molecule has 0 aliphatic heterocycles. The lowest BCUT2D eigenvalue weighted by molar-refractivity contribution is -0.229. The van der Waals surface area contributed by atoms with E-state index in [0.29, 0.717) is 12.5 Å². The molecule has 0 spiro atoms. The first kappa shape index (κ1) is 16.7. The van der Waals surface area contributed by atoms with Crippen LogP contribution in [0.3, 0.4) is 0 Å². The minimum atomic E-state index is -4.33. The highest BCUT2D eigenvalue weighted by Gasteiger charge is 2.38. The third kappa shape index (κ3) is 8.40. The van der Waals surface area contributed by atoms with E-state index in [0.717, 1.165) is 13.5 Å². The van der Waals surface area contributed by atoms with Crippen molar-refractivity contribution in [1.82, 2.24) is 5.32 Å². The lowest BCUT2D eigenvalue weighted by Gasteiger charge is -2.24. The number of alkyl halides is 3. The van der Waals surface area contributed by atoms with E-state index in [1.165, 1.54) is 7.11 Å². The molecule has 0 saturated carbocycles. The smallest absolute Gasteiger partial charge is 0.382 e. The van der Waals surface area contributed by atoms with Crippen LogP contribution < -0.4 is 5.32 Å². The Morgan fingerprint density at radius 2 is 1.71 bits per heavy atom. The molecule has 17 heavy (non-hydrogen) atoms. The molecule has 2 unspecified atom stereocenters. The average Bonchev–Trinajstić information content (AvgIpc) is 2.15. The van der Waals surface area contributed by atoms with Crippen molar-refractivity contribution in [2.45, 2.75) is 39.2 Å². The number of nitrogens with one attached hydrogen (secondary N) is 1. The van der Waals surface area contributed by atoms with Crippen LogP contribution in [0.4, 0.5) is 13.2 Å². The van der Waals surface area contributed by atoms with Gasteiger partial charge in [0, 0.05) is 13.7 Å². The Kier molecular flexibility index (Phi) is 7.74. The molecular weight excluding hydrogens is 235 g/mol. The summed E-state index contributed by atoms with van der Waals surface area (Å²) in [6.45, 7) is 6.29. The van der Waals surface area contributed by atoms with Crippen molar-refractivity contribution in [3.63, 3.8) is 0 Å². The Morgan fingerprint density at radius 3 is 2.12 bits per heavy atom. The van der Waals surface area contributed by atoms with E-state index >= 15 is 0 Å². The number of methoxy groups -OCH3 is 1. The van der Waals surface area contributed by atoms with Gasteiger partial charge in [0.2, 0.25) is 0 Å². The summed E-state index contributed by atoms with van der Waals surface area (Å²) in [7, 11) is 1.44. The van der Waals surface area contributed by atoms with Crippen molar-refractivity contribution in [3.8, 4) is 0 Å². The second kappa shape index (κ2) is 7.89. The van der Waals surface area contributed by atoms with E-state index in [1.54, 1.807) is 0 Å². The number of hydrogen-bond acceptors (Lipinski definition) is 3.